The van der Waals surface area contributed by atoms with Gasteiger partial charge in [0.15, 0.2) is 5.84 Å². The Morgan fingerprint density at radius 2 is 2.33 bits per heavy atom. The van der Waals surface area contributed by atoms with Gasteiger partial charge in [0.05, 0.1) is 5.56 Å². The van der Waals surface area contributed by atoms with E-state index in [0.29, 0.717) is 18.7 Å². The van der Waals surface area contributed by atoms with Crippen molar-refractivity contribution in [3.05, 3.63) is 35.1 Å². The molecule has 0 saturated carbocycles. The molecule has 18 heavy (non-hydrogen) atoms. The van der Waals surface area contributed by atoms with Gasteiger partial charge in [-0.3, -0.25) is 0 Å². The number of halogens is 1. The maximum Gasteiger partial charge on any atom is 0.173 e. The van der Waals surface area contributed by atoms with Gasteiger partial charge in [0.25, 0.3) is 0 Å². The fourth-order valence-corrected chi connectivity index (χ4v) is 1.47. The second-order valence-corrected chi connectivity index (χ2v) is 3.62. The van der Waals surface area contributed by atoms with Gasteiger partial charge in [-0.15, -0.1) is 11.8 Å². The molecule has 0 heterocycles. The van der Waals surface area contributed by atoms with Crippen LogP contribution in [0.1, 0.15) is 24.5 Å². The molecule has 0 spiro atoms. The van der Waals surface area contributed by atoms with Crippen molar-refractivity contribution in [1.82, 2.24) is 5.32 Å². The summed E-state index contributed by atoms with van der Waals surface area (Å²) >= 11 is 0. The molecule has 0 aliphatic carbocycles. The van der Waals surface area contributed by atoms with Crippen LogP contribution in [0.25, 0.3) is 0 Å². The minimum atomic E-state index is -0.470. The molecule has 5 heteroatoms. The Labute approximate surface area is 106 Å². The lowest BCUT2D eigenvalue weighted by Crippen LogP contribution is -2.19. The zero-order valence-corrected chi connectivity index (χ0v) is 10.2. The zero-order valence-electron chi connectivity index (χ0n) is 10.2. The molecule has 4 N–H and O–H groups in total. The number of oxime groups is 1. The SMILES string of the molecule is CC#CCCNCc1cccc(/C(N)=N/O)c1F. The number of rotatable bonds is 5. The van der Waals surface area contributed by atoms with Gasteiger partial charge in [0.1, 0.15) is 5.82 Å². The molecule has 0 aliphatic rings. The Kier molecular flexibility index (Phi) is 5.68. The molecular formula is C13H16FN3O. The van der Waals surface area contributed by atoms with Crippen molar-refractivity contribution in [3.8, 4) is 11.8 Å². The van der Waals surface area contributed by atoms with E-state index in [1.165, 1.54) is 6.07 Å². The number of nitrogens with zero attached hydrogens (tertiary/aromatic N) is 1. The highest BCUT2D eigenvalue weighted by Gasteiger charge is 2.10. The molecule has 0 atom stereocenters. The van der Waals surface area contributed by atoms with Crippen molar-refractivity contribution in [1.29, 1.82) is 0 Å². The molecule has 0 saturated heterocycles. The number of hydrogen-bond donors (Lipinski definition) is 3. The fraction of sp³-hybridized carbons (Fsp3) is 0.308. The summed E-state index contributed by atoms with van der Waals surface area (Å²) in [5, 5.41) is 14.4. The molecular weight excluding hydrogens is 233 g/mol. The Bertz CT molecular complexity index is 489. The summed E-state index contributed by atoms with van der Waals surface area (Å²) in [6.07, 6.45) is 0.720. The van der Waals surface area contributed by atoms with E-state index in [0.717, 1.165) is 6.42 Å². The van der Waals surface area contributed by atoms with Crippen LogP contribution >= 0.6 is 0 Å². The molecule has 1 rings (SSSR count). The van der Waals surface area contributed by atoms with Crippen LogP contribution in [0.15, 0.2) is 23.4 Å². The molecule has 0 bridgehead atoms. The van der Waals surface area contributed by atoms with Crippen LogP contribution in [0.4, 0.5) is 4.39 Å². The van der Waals surface area contributed by atoms with Crippen LogP contribution < -0.4 is 11.1 Å². The van der Waals surface area contributed by atoms with E-state index in [1.54, 1.807) is 19.1 Å². The summed E-state index contributed by atoms with van der Waals surface area (Å²) in [5.41, 5.74) is 5.96. The van der Waals surface area contributed by atoms with Crippen LogP contribution in [0.2, 0.25) is 0 Å². The van der Waals surface area contributed by atoms with Crippen molar-refractivity contribution in [3.63, 3.8) is 0 Å². The van der Waals surface area contributed by atoms with E-state index in [4.69, 9.17) is 10.9 Å². The monoisotopic (exact) mass is 249 g/mol. The van der Waals surface area contributed by atoms with Crippen LogP contribution in [0.5, 0.6) is 0 Å². The predicted molar refractivity (Wildman–Crippen MR) is 68.7 cm³/mol. The summed E-state index contributed by atoms with van der Waals surface area (Å²) in [6.45, 7) is 2.85. The highest BCUT2D eigenvalue weighted by Crippen LogP contribution is 2.12. The largest absolute Gasteiger partial charge is 0.409 e. The van der Waals surface area contributed by atoms with Gasteiger partial charge in [-0.2, -0.15) is 0 Å². The van der Waals surface area contributed by atoms with Crippen LogP contribution in [-0.4, -0.2) is 17.6 Å². The summed E-state index contributed by atoms with van der Waals surface area (Å²) in [7, 11) is 0. The number of nitrogens with two attached hydrogens (primary N) is 1. The minimum Gasteiger partial charge on any atom is -0.409 e. The van der Waals surface area contributed by atoms with Crippen LogP contribution in [0, 0.1) is 17.7 Å². The molecule has 0 unspecified atom stereocenters. The van der Waals surface area contributed by atoms with Gasteiger partial charge in [-0.1, -0.05) is 17.3 Å². The van der Waals surface area contributed by atoms with Gasteiger partial charge in [0, 0.05) is 25.1 Å². The Hall–Kier alpha value is -2.06. The maximum atomic E-state index is 13.9. The number of amidine groups is 1. The highest BCUT2D eigenvalue weighted by atomic mass is 19.1. The van der Waals surface area contributed by atoms with Gasteiger partial charge >= 0.3 is 0 Å². The number of hydrogen-bond acceptors (Lipinski definition) is 3. The number of nitrogens with one attached hydrogen (secondary N) is 1. The van der Waals surface area contributed by atoms with E-state index in [9.17, 15) is 4.39 Å². The maximum absolute atomic E-state index is 13.9. The van der Waals surface area contributed by atoms with Crippen molar-refractivity contribution in [2.75, 3.05) is 6.54 Å². The van der Waals surface area contributed by atoms with Crippen molar-refractivity contribution in [2.45, 2.75) is 19.9 Å². The first-order chi connectivity index (χ1) is 8.70. The zero-order chi connectivity index (χ0) is 13.4. The predicted octanol–water partition coefficient (Wildman–Crippen LogP) is 1.42. The normalized spacial score (nSPS) is 10.9. The summed E-state index contributed by atoms with van der Waals surface area (Å²) in [6, 6.07) is 4.79. The smallest absolute Gasteiger partial charge is 0.173 e. The molecule has 0 aromatic heterocycles. The van der Waals surface area contributed by atoms with Gasteiger partial charge in [-0.25, -0.2) is 4.39 Å². The van der Waals surface area contributed by atoms with Crippen molar-refractivity contribution in [2.24, 2.45) is 10.9 Å². The summed E-state index contributed by atoms with van der Waals surface area (Å²) < 4.78 is 13.9. The van der Waals surface area contributed by atoms with Gasteiger partial charge < -0.3 is 16.3 Å². The standard InChI is InChI=1S/C13H16FN3O/c1-2-3-4-8-16-9-10-6-5-7-11(12(10)14)13(15)17-18/h5-7,16,18H,4,8-9H2,1H3,(H2,15,17). The van der Waals surface area contributed by atoms with Crippen LogP contribution in [-0.2, 0) is 6.54 Å². The first-order valence-electron chi connectivity index (χ1n) is 5.56. The average molecular weight is 249 g/mol. The molecule has 1 aromatic rings. The van der Waals surface area contributed by atoms with E-state index in [2.05, 4.69) is 22.3 Å². The molecule has 0 radical (unpaired) electrons. The van der Waals surface area contributed by atoms with Gasteiger partial charge in [-0.05, 0) is 13.0 Å². The topological polar surface area (TPSA) is 70.6 Å². The molecule has 4 nitrogen and oxygen atoms in total. The van der Waals surface area contributed by atoms with Crippen LogP contribution in [0.3, 0.4) is 0 Å². The third kappa shape index (κ3) is 3.75. The quantitative estimate of drug-likeness (QED) is 0.185. The molecule has 1 aromatic carbocycles. The van der Waals surface area contributed by atoms with E-state index in [-0.39, 0.29) is 11.4 Å². The molecule has 0 amide bonds. The first-order valence-corrected chi connectivity index (χ1v) is 5.56. The minimum absolute atomic E-state index is 0.102. The Morgan fingerprint density at radius 1 is 1.56 bits per heavy atom. The molecule has 96 valence electrons. The van der Waals surface area contributed by atoms with E-state index >= 15 is 0 Å². The lowest BCUT2D eigenvalue weighted by Gasteiger charge is -2.07. The lowest BCUT2D eigenvalue weighted by atomic mass is 10.1. The molecule has 0 fully saturated rings. The highest BCUT2D eigenvalue weighted by molar-refractivity contribution is 5.97. The first kappa shape index (κ1) is 14.0. The third-order valence-electron chi connectivity index (χ3n) is 2.38. The van der Waals surface area contributed by atoms with Crippen molar-refractivity contribution < 1.29 is 9.60 Å². The number of benzene rings is 1. The third-order valence-corrected chi connectivity index (χ3v) is 2.38. The lowest BCUT2D eigenvalue weighted by molar-refractivity contribution is 0.318. The fourth-order valence-electron chi connectivity index (χ4n) is 1.47. The van der Waals surface area contributed by atoms with Gasteiger partial charge in [0.2, 0.25) is 0 Å². The van der Waals surface area contributed by atoms with E-state index < -0.39 is 5.82 Å². The Balaban J connectivity index is 2.68. The summed E-state index contributed by atoms with van der Waals surface area (Å²) in [4.78, 5) is 0. The van der Waals surface area contributed by atoms with E-state index in [1.807, 2.05) is 0 Å². The Morgan fingerprint density at radius 3 is 3.00 bits per heavy atom. The summed E-state index contributed by atoms with van der Waals surface area (Å²) in [5.74, 6) is 4.99. The second-order valence-electron chi connectivity index (χ2n) is 3.62. The second kappa shape index (κ2) is 7.30. The molecule has 0 aliphatic heterocycles. The average Bonchev–Trinajstić information content (AvgIpc) is 2.39. The van der Waals surface area contributed by atoms with Crippen molar-refractivity contribution >= 4 is 5.84 Å².